The van der Waals surface area contributed by atoms with Gasteiger partial charge in [0.15, 0.2) is 0 Å². The Morgan fingerprint density at radius 2 is 1.54 bits per heavy atom. The average Bonchev–Trinajstić information content (AvgIpc) is 2.55. The molecule has 0 spiro atoms. The monoisotopic (exact) mass is 338 g/mol. The standard InChI is InChI=1S/C17H17F3N2O2/c1-11(21-13-7-9-15(24-2)10-8-13)16(23)22-14-5-3-12(4-6-14)17(18,19)20/h3-11,21H,1-2H3,(H,22,23)/t11-/m1/s1. The Kier molecular flexibility index (Phi) is 5.33. The van der Waals surface area contributed by atoms with Crippen molar-refractivity contribution in [3.05, 3.63) is 54.1 Å². The summed E-state index contributed by atoms with van der Waals surface area (Å²) < 4.78 is 42.5. The van der Waals surface area contributed by atoms with Crippen LogP contribution >= 0.6 is 0 Å². The van der Waals surface area contributed by atoms with Gasteiger partial charge in [0.1, 0.15) is 11.8 Å². The summed E-state index contributed by atoms with van der Waals surface area (Å²) in [5.74, 6) is 0.341. The molecule has 0 heterocycles. The van der Waals surface area contributed by atoms with E-state index in [0.717, 1.165) is 17.8 Å². The van der Waals surface area contributed by atoms with Crippen LogP contribution in [0.25, 0.3) is 0 Å². The molecule has 2 aromatic rings. The lowest BCUT2D eigenvalue weighted by Crippen LogP contribution is -2.31. The van der Waals surface area contributed by atoms with Crippen molar-refractivity contribution in [1.82, 2.24) is 0 Å². The number of carbonyl (C=O) groups is 1. The molecule has 7 heteroatoms. The van der Waals surface area contributed by atoms with Crippen molar-refractivity contribution in [3.63, 3.8) is 0 Å². The second kappa shape index (κ2) is 7.25. The summed E-state index contributed by atoms with van der Waals surface area (Å²) in [6.45, 7) is 1.66. The van der Waals surface area contributed by atoms with E-state index in [0.29, 0.717) is 11.4 Å². The van der Waals surface area contributed by atoms with Crippen LogP contribution in [0.4, 0.5) is 24.5 Å². The summed E-state index contributed by atoms with van der Waals surface area (Å²) in [6, 6.07) is 10.8. The van der Waals surface area contributed by atoms with Crippen molar-refractivity contribution >= 4 is 17.3 Å². The molecule has 0 aliphatic rings. The zero-order chi connectivity index (χ0) is 17.7. The number of carbonyl (C=O) groups excluding carboxylic acids is 1. The molecule has 0 aromatic heterocycles. The highest BCUT2D eigenvalue weighted by atomic mass is 19.4. The zero-order valence-electron chi connectivity index (χ0n) is 13.1. The minimum absolute atomic E-state index is 0.302. The largest absolute Gasteiger partial charge is 0.497 e. The van der Waals surface area contributed by atoms with Crippen LogP contribution in [0.1, 0.15) is 12.5 Å². The molecule has 2 N–H and O–H groups in total. The number of benzene rings is 2. The maximum absolute atomic E-state index is 12.5. The molecule has 0 radical (unpaired) electrons. The number of anilines is 2. The van der Waals surface area contributed by atoms with Crippen LogP contribution in [-0.4, -0.2) is 19.1 Å². The van der Waals surface area contributed by atoms with E-state index < -0.39 is 17.8 Å². The summed E-state index contributed by atoms with van der Waals surface area (Å²) in [4.78, 5) is 12.1. The molecule has 2 rings (SSSR count). The maximum atomic E-state index is 12.5. The van der Waals surface area contributed by atoms with Gasteiger partial charge in [-0.1, -0.05) is 0 Å². The van der Waals surface area contributed by atoms with Gasteiger partial charge in [0.2, 0.25) is 5.91 Å². The van der Waals surface area contributed by atoms with E-state index in [-0.39, 0.29) is 5.91 Å². The second-order valence-corrected chi connectivity index (χ2v) is 5.16. The molecule has 0 bridgehead atoms. The molecule has 0 fully saturated rings. The summed E-state index contributed by atoms with van der Waals surface area (Å²) >= 11 is 0. The van der Waals surface area contributed by atoms with Gasteiger partial charge in [0.05, 0.1) is 12.7 Å². The van der Waals surface area contributed by atoms with Crippen molar-refractivity contribution in [2.45, 2.75) is 19.1 Å². The van der Waals surface area contributed by atoms with Crippen molar-refractivity contribution in [3.8, 4) is 5.75 Å². The smallest absolute Gasteiger partial charge is 0.416 e. The van der Waals surface area contributed by atoms with Crippen molar-refractivity contribution in [2.75, 3.05) is 17.7 Å². The zero-order valence-corrected chi connectivity index (χ0v) is 13.1. The third kappa shape index (κ3) is 4.65. The van der Waals surface area contributed by atoms with E-state index in [1.807, 2.05) is 0 Å². The lowest BCUT2D eigenvalue weighted by Gasteiger charge is -2.16. The Labute approximate surface area is 137 Å². The number of amides is 1. The molecule has 24 heavy (non-hydrogen) atoms. The first-order chi connectivity index (χ1) is 11.3. The highest BCUT2D eigenvalue weighted by Gasteiger charge is 2.30. The summed E-state index contributed by atoms with van der Waals surface area (Å²) in [6.07, 6.45) is -4.40. The lowest BCUT2D eigenvalue weighted by molar-refractivity contribution is -0.137. The Morgan fingerprint density at radius 1 is 1.00 bits per heavy atom. The number of methoxy groups -OCH3 is 1. The molecular formula is C17H17F3N2O2. The van der Waals surface area contributed by atoms with E-state index in [9.17, 15) is 18.0 Å². The number of ether oxygens (including phenoxy) is 1. The third-order valence-electron chi connectivity index (χ3n) is 3.35. The van der Waals surface area contributed by atoms with Gasteiger partial charge in [-0.05, 0) is 55.5 Å². The number of alkyl halides is 3. The number of halogens is 3. The lowest BCUT2D eigenvalue weighted by atomic mass is 10.2. The van der Waals surface area contributed by atoms with Crippen molar-refractivity contribution in [2.24, 2.45) is 0 Å². The minimum atomic E-state index is -4.40. The van der Waals surface area contributed by atoms with Gasteiger partial charge in [0.25, 0.3) is 0 Å². The summed E-state index contributed by atoms with van der Waals surface area (Å²) in [7, 11) is 1.56. The predicted octanol–water partition coefficient (Wildman–Crippen LogP) is 4.15. The van der Waals surface area contributed by atoms with Gasteiger partial charge in [0, 0.05) is 11.4 Å². The Balaban J connectivity index is 1.95. The predicted molar refractivity (Wildman–Crippen MR) is 86.2 cm³/mol. The normalized spacial score (nSPS) is 12.4. The first-order valence-electron chi connectivity index (χ1n) is 7.18. The van der Waals surface area contributed by atoms with Gasteiger partial charge >= 0.3 is 6.18 Å². The topological polar surface area (TPSA) is 50.4 Å². The van der Waals surface area contributed by atoms with E-state index >= 15 is 0 Å². The van der Waals surface area contributed by atoms with E-state index in [1.54, 1.807) is 38.3 Å². The van der Waals surface area contributed by atoms with Gasteiger partial charge in [-0.25, -0.2) is 0 Å². The van der Waals surface area contributed by atoms with E-state index in [2.05, 4.69) is 10.6 Å². The maximum Gasteiger partial charge on any atom is 0.416 e. The first kappa shape index (κ1) is 17.7. The Morgan fingerprint density at radius 3 is 2.04 bits per heavy atom. The first-order valence-corrected chi connectivity index (χ1v) is 7.18. The molecule has 1 amide bonds. The quantitative estimate of drug-likeness (QED) is 0.861. The molecule has 0 aliphatic heterocycles. The fourth-order valence-corrected chi connectivity index (χ4v) is 2.00. The van der Waals surface area contributed by atoms with E-state index in [4.69, 9.17) is 4.74 Å². The number of hydrogen-bond acceptors (Lipinski definition) is 3. The van der Waals surface area contributed by atoms with Gasteiger partial charge in [-0.15, -0.1) is 0 Å². The molecule has 128 valence electrons. The third-order valence-corrected chi connectivity index (χ3v) is 3.35. The highest BCUT2D eigenvalue weighted by molar-refractivity contribution is 5.96. The van der Waals surface area contributed by atoms with Gasteiger partial charge < -0.3 is 15.4 Å². The van der Waals surface area contributed by atoms with Gasteiger partial charge in [-0.2, -0.15) is 13.2 Å². The second-order valence-electron chi connectivity index (χ2n) is 5.16. The van der Waals surface area contributed by atoms with Crippen LogP contribution in [0, 0.1) is 0 Å². The molecular weight excluding hydrogens is 321 g/mol. The summed E-state index contributed by atoms with van der Waals surface area (Å²) in [5.41, 5.74) is 0.271. The fraction of sp³-hybridized carbons (Fsp3) is 0.235. The molecule has 0 saturated carbocycles. The number of nitrogens with one attached hydrogen (secondary N) is 2. The SMILES string of the molecule is COc1ccc(N[C@H](C)C(=O)Nc2ccc(C(F)(F)F)cc2)cc1. The molecule has 1 atom stereocenters. The molecule has 4 nitrogen and oxygen atoms in total. The minimum Gasteiger partial charge on any atom is -0.497 e. The molecule has 0 saturated heterocycles. The van der Waals surface area contributed by atoms with Crippen LogP contribution < -0.4 is 15.4 Å². The number of rotatable bonds is 5. The molecule has 2 aromatic carbocycles. The average molecular weight is 338 g/mol. The van der Waals surface area contributed by atoms with Crippen molar-refractivity contribution < 1.29 is 22.7 Å². The van der Waals surface area contributed by atoms with Crippen LogP contribution in [0.3, 0.4) is 0 Å². The van der Waals surface area contributed by atoms with Crippen LogP contribution in [0.15, 0.2) is 48.5 Å². The van der Waals surface area contributed by atoms with E-state index in [1.165, 1.54) is 12.1 Å². The van der Waals surface area contributed by atoms with Crippen LogP contribution in [0.2, 0.25) is 0 Å². The van der Waals surface area contributed by atoms with Crippen molar-refractivity contribution in [1.29, 1.82) is 0 Å². The molecule has 0 aliphatic carbocycles. The Bertz CT molecular complexity index is 682. The summed E-state index contributed by atoms with van der Waals surface area (Å²) in [5, 5.41) is 5.57. The highest BCUT2D eigenvalue weighted by Crippen LogP contribution is 2.29. The number of hydrogen-bond donors (Lipinski definition) is 2. The Hall–Kier alpha value is -2.70. The van der Waals surface area contributed by atoms with Crippen LogP contribution in [0.5, 0.6) is 5.75 Å². The molecule has 0 unspecified atom stereocenters. The fourth-order valence-electron chi connectivity index (χ4n) is 2.00. The van der Waals surface area contributed by atoms with Gasteiger partial charge in [-0.3, -0.25) is 4.79 Å². The van der Waals surface area contributed by atoms with Crippen LogP contribution in [-0.2, 0) is 11.0 Å².